The second-order valence-electron chi connectivity index (χ2n) is 6.09. The van der Waals surface area contributed by atoms with Crippen molar-refractivity contribution in [2.24, 2.45) is 4.40 Å². The highest BCUT2D eigenvalue weighted by Crippen LogP contribution is 2.29. The molecule has 2 rings (SSSR count). The highest BCUT2D eigenvalue weighted by atomic mass is 35.5. The number of aromatic nitrogens is 2. The van der Waals surface area contributed by atoms with E-state index in [2.05, 4.69) is 9.50 Å². The van der Waals surface area contributed by atoms with Crippen LogP contribution in [-0.4, -0.2) is 25.2 Å². The third kappa shape index (κ3) is 4.74. The number of nitrogens with zero attached hydrogens (tertiary/aromatic N) is 2. The SMILES string of the molecule is CC(C)(C)[S@@+]([O-])/N=C(/c1ccc(F)c(Cl)c1)c1cc(C(F)(F)F)[nH]n1. The Morgan fingerprint density at radius 1 is 1.24 bits per heavy atom. The molecule has 0 aliphatic rings. The Morgan fingerprint density at radius 3 is 2.36 bits per heavy atom. The van der Waals surface area contributed by atoms with Gasteiger partial charge in [-0.3, -0.25) is 5.10 Å². The van der Waals surface area contributed by atoms with Gasteiger partial charge < -0.3 is 4.55 Å². The van der Waals surface area contributed by atoms with E-state index in [1.165, 1.54) is 12.1 Å². The Kier molecular flexibility index (Phi) is 5.50. The molecule has 1 N–H and O–H groups in total. The van der Waals surface area contributed by atoms with E-state index in [0.717, 1.165) is 12.1 Å². The van der Waals surface area contributed by atoms with Gasteiger partial charge in [0.25, 0.3) is 0 Å². The molecule has 0 amide bonds. The molecule has 0 radical (unpaired) electrons. The molecule has 10 heteroatoms. The van der Waals surface area contributed by atoms with Gasteiger partial charge in [0.2, 0.25) is 0 Å². The second-order valence-corrected chi connectivity index (χ2v) is 8.41. The zero-order valence-corrected chi connectivity index (χ0v) is 15.0. The van der Waals surface area contributed by atoms with Gasteiger partial charge in [0, 0.05) is 5.56 Å². The summed E-state index contributed by atoms with van der Waals surface area (Å²) in [7, 11) is 0. The van der Waals surface area contributed by atoms with Crippen LogP contribution in [0.5, 0.6) is 0 Å². The van der Waals surface area contributed by atoms with Gasteiger partial charge in [-0.25, -0.2) is 4.39 Å². The number of H-pyrrole nitrogens is 1. The minimum atomic E-state index is -4.63. The van der Waals surface area contributed by atoms with Crippen molar-refractivity contribution in [2.75, 3.05) is 0 Å². The van der Waals surface area contributed by atoms with Crippen LogP contribution in [0.3, 0.4) is 0 Å². The number of halogens is 5. The molecule has 0 unspecified atom stereocenters. The Balaban J connectivity index is 2.58. The van der Waals surface area contributed by atoms with Crippen molar-refractivity contribution in [3.8, 4) is 0 Å². The molecular formula is C15H14ClF4N3OS. The number of rotatable bonds is 3. The minimum absolute atomic E-state index is 0.0816. The van der Waals surface area contributed by atoms with Crippen molar-refractivity contribution in [3.05, 3.63) is 52.1 Å². The Labute approximate surface area is 149 Å². The molecule has 0 bridgehead atoms. The van der Waals surface area contributed by atoms with Crippen LogP contribution in [0.1, 0.15) is 37.7 Å². The number of hydrogen-bond acceptors (Lipinski definition) is 3. The van der Waals surface area contributed by atoms with E-state index in [1.54, 1.807) is 20.8 Å². The van der Waals surface area contributed by atoms with Gasteiger partial charge in [0.05, 0.1) is 5.02 Å². The van der Waals surface area contributed by atoms with Crippen LogP contribution >= 0.6 is 11.6 Å². The molecule has 1 heterocycles. The summed E-state index contributed by atoms with van der Waals surface area (Å²) in [4.78, 5) is 0. The number of aromatic amines is 1. The first-order chi connectivity index (χ1) is 11.4. The molecule has 1 atom stereocenters. The largest absolute Gasteiger partial charge is 0.591 e. The second kappa shape index (κ2) is 6.97. The molecule has 0 spiro atoms. The van der Waals surface area contributed by atoms with E-state index in [-0.39, 0.29) is 22.0 Å². The van der Waals surface area contributed by atoms with Crippen molar-refractivity contribution < 1.29 is 22.1 Å². The first-order valence-electron chi connectivity index (χ1n) is 6.98. The van der Waals surface area contributed by atoms with Crippen LogP contribution in [0.4, 0.5) is 17.6 Å². The van der Waals surface area contributed by atoms with Crippen molar-refractivity contribution in [1.29, 1.82) is 0 Å². The highest BCUT2D eigenvalue weighted by molar-refractivity contribution is 7.91. The Morgan fingerprint density at radius 2 is 1.88 bits per heavy atom. The monoisotopic (exact) mass is 395 g/mol. The lowest BCUT2D eigenvalue weighted by Crippen LogP contribution is -2.27. The fraction of sp³-hybridized carbons (Fsp3) is 0.333. The summed E-state index contributed by atoms with van der Waals surface area (Å²) in [6, 6.07) is 4.26. The Bertz CT molecular complexity index is 799. The van der Waals surface area contributed by atoms with Crippen LogP contribution in [-0.2, 0) is 17.5 Å². The predicted molar refractivity (Wildman–Crippen MR) is 88.5 cm³/mol. The number of alkyl halides is 3. The van der Waals surface area contributed by atoms with Crippen molar-refractivity contribution >= 4 is 28.7 Å². The first kappa shape index (κ1) is 19.7. The molecule has 0 fully saturated rings. The molecule has 0 saturated heterocycles. The summed E-state index contributed by atoms with van der Waals surface area (Å²) in [5.74, 6) is -0.695. The van der Waals surface area contributed by atoms with Crippen molar-refractivity contribution in [3.63, 3.8) is 0 Å². The summed E-state index contributed by atoms with van der Waals surface area (Å²) in [5, 5.41) is 5.23. The van der Waals surface area contributed by atoms with Gasteiger partial charge in [0.1, 0.15) is 39.0 Å². The van der Waals surface area contributed by atoms with E-state index in [0.29, 0.717) is 0 Å². The molecule has 0 aliphatic carbocycles. The summed E-state index contributed by atoms with van der Waals surface area (Å²) >= 11 is 3.96. The van der Waals surface area contributed by atoms with Gasteiger partial charge >= 0.3 is 6.18 Å². The summed E-state index contributed by atoms with van der Waals surface area (Å²) in [6.07, 6.45) is -4.63. The van der Waals surface area contributed by atoms with Gasteiger partial charge in [-0.05, 0) is 45.0 Å². The topological polar surface area (TPSA) is 64.1 Å². The maximum atomic E-state index is 13.4. The minimum Gasteiger partial charge on any atom is -0.591 e. The van der Waals surface area contributed by atoms with Crippen LogP contribution < -0.4 is 0 Å². The summed E-state index contributed by atoms with van der Waals surface area (Å²) in [5.41, 5.74) is -1.14. The van der Waals surface area contributed by atoms with Crippen LogP contribution in [0.15, 0.2) is 28.7 Å². The lowest BCUT2D eigenvalue weighted by Gasteiger charge is -2.19. The van der Waals surface area contributed by atoms with E-state index < -0.39 is 33.8 Å². The molecule has 1 aromatic heterocycles. The summed E-state index contributed by atoms with van der Waals surface area (Å²) in [6.45, 7) is 4.98. The van der Waals surface area contributed by atoms with Crippen molar-refractivity contribution in [1.82, 2.24) is 10.2 Å². The van der Waals surface area contributed by atoms with Gasteiger partial charge in [-0.15, -0.1) is 0 Å². The van der Waals surface area contributed by atoms with E-state index >= 15 is 0 Å². The lowest BCUT2D eigenvalue weighted by atomic mass is 10.1. The fourth-order valence-electron chi connectivity index (χ4n) is 1.70. The van der Waals surface area contributed by atoms with Crippen LogP contribution in [0.2, 0.25) is 5.02 Å². The van der Waals surface area contributed by atoms with E-state index in [1.807, 2.05) is 5.10 Å². The maximum Gasteiger partial charge on any atom is 0.432 e. The number of benzene rings is 1. The molecule has 2 aromatic rings. The molecule has 1 aromatic carbocycles. The first-order valence-corrected chi connectivity index (χ1v) is 8.47. The molecule has 4 nitrogen and oxygen atoms in total. The van der Waals surface area contributed by atoms with Crippen LogP contribution in [0, 0.1) is 5.82 Å². The average Bonchev–Trinajstić information content (AvgIpc) is 2.96. The molecule has 0 aliphatic heterocycles. The average molecular weight is 396 g/mol. The van der Waals surface area contributed by atoms with E-state index in [4.69, 9.17) is 11.6 Å². The van der Waals surface area contributed by atoms with Gasteiger partial charge in [-0.2, -0.15) is 18.3 Å². The highest BCUT2D eigenvalue weighted by Gasteiger charge is 2.34. The molecule has 136 valence electrons. The van der Waals surface area contributed by atoms with Crippen LogP contribution in [0.25, 0.3) is 0 Å². The molecule has 0 saturated carbocycles. The van der Waals surface area contributed by atoms with Gasteiger partial charge in [0.15, 0.2) is 0 Å². The maximum absolute atomic E-state index is 13.4. The zero-order valence-electron chi connectivity index (χ0n) is 13.4. The lowest BCUT2D eigenvalue weighted by molar-refractivity contribution is -0.141. The molecular weight excluding hydrogens is 382 g/mol. The van der Waals surface area contributed by atoms with Crippen molar-refractivity contribution in [2.45, 2.75) is 31.7 Å². The smallest absolute Gasteiger partial charge is 0.432 e. The zero-order chi connectivity index (χ0) is 19.0. The number of hydrogen-bond donors (Lipinski definition) is 1. The number of nitrogens with one attached hydrogen (secondary N) is 1. The third-order valence-electron chi connectivity index (χ3n) is 3.02. The normalized spacial score (nSPS) is 14.7. The summed E-state index contributed by atoms with van der Waals surface area (Å²) < 4.78 is 67.4. The quantitative estimate of drug-likeness (QED) is 0.471. The fourth-order valence-corrected chi connectivity index (χ4v) is 2.52. The molecule has 25 heavy (non-hydrogen) atoms. The van der Waals surface area contributed by atoms with E-state index in [9.17, 15) is 22.1 Å². The standard InChI is InChI=1S/C15H14ClF4N3OS/c1-14(2,3)25(24)23-13(8-4-5-10(17)9(16)6-8)11-7-12(22-21-11)15(18,19)20/h4-7H,1-3H3,(H,21,22)/b23-13-/t25-/m1/s1. The Hall–Kier alpha value is -1.58. The third-order valence-corrected chi connectivity index (χ3v) is 4.70. The van der Waals surface area contributed by atoms with Gasteiger partial charge in [-0.1, -0.05) is 16.0 Å². The predicted octanol–water partition coefficient (Wildman–Crippen LogP) is 4.52.